The number of rotatable bonds is 10. The Balaban J connectivity index is 3.68. The zero-order valence-corrected chi connectivity index (χ0v) is 9.95. The van der Waals surface area contributed by atoms with Crippen molar-refractivity contribution < 1.29 is 9.59 Å². The van der Waals surface area contributed by atoms with E-state index >= 15 is 0 Å². The highest BCUT2D eigenvalue weighted by molar-refractivity contribution is 5.32. The van der Waals surface area contributed by atoms with Crippen LogP contribution in [0.15, 0.2) is 9.98 Å². The van der Waals surface area contributed by atoms with E-state index in [4.69, 9.17) is 0 Å². The summed E-state index contributed by atoms with van der Waals surface area (Å²) in [6, 6.07) is 0. The Morgan fingerprint density at radius 3 is 1.81 bits per heavy atom. The first-order valence-corrected chi connectivity index (χ1v) is 5.92. The average Bonchev–Trinajstić information content (AvgIpc) is 2.30. The SMILES string of the molecule is CCCC(CCCN=C=O)CCCN=C=O. The normalized spacial score (nSPS) is 11.3. The van der Waals surface area contributed by atoms with Gasteiger partial charge in [-0.05, 0) is 31.6 Å². The van der Waals surface area contributed by atoms with Gasteiger partial charge in [0.05, 0.1) is 13.1 Å². The zero-order valence-electron chi connectivity index (χ0n) is 9.95. The molecule has 0 aliphatic heterocycles. The molecule has 4 nitrogen and oxygen atoms in total. The van der Waals surface area contributed by atoms with E-state index in [1.165, 1.54) is 12.8 Å². The summed E-state index contributed by atoms with van der Waals surface area (Å²) in [5.74, 6) is 0.661. The maximum atomic E-state index is 9.88. The topological polar surface area (TPSA) is 58.9 Å². The van der Waals surface area contributed by atoms with Crippen molar-refractivity contribution >= 4 is 12.2 Å². The van der Waals surface area contributed by atoms with Gasteiger partial charge in [0.1, 0.15) is 0 Å². The van der Waals surface area contributed by atoms with Crippen molar-refractivity contribution in [1.29, 1.82) is 0 Å². The van der Waals surface area contributed by atoms with Crippen molar-refractivity contribution in [2.24, 2.45) is 15.9 Å². The van der Waals surface area contributed by atoms with Crippen LogP contribution in [-0.2, 0) is 9.59 Å². The van der Waals surface area contributed by atoms with Crippen LogP contribution < -0.4 is 0 Å². The smallest absolute Gasteiger partial charge is 0.211 e. The van der Waals surface area contributed by atoms with E-state index in [0.717, 1.165) is 25.7 Å². The lowest BCUT2D eigenvalue weighted by atomic mass is 9.93. The highest BCUT2D eigenvalue weighted by atomic mass is 16.1. The summed E-state index contributed by atoms with van der Waals surface area (Å²) in [7, 11) is 0. The monoisotopic (exact) mass is 224 g/mol. The molecule has 0 aromatic carbocycles. The molecule has 0 heterocycles. The molecule has 4 heteroatoms. The van der Waals surface area contributed by atoms with E-state index in [1.807, 2.05) is 0 Å². The van der Waals surface area contributed by atoms with Gasteiger partial charge < -0.3 is 0 Å². The number of isocyanates is 2. The largest absolute Gasteiger partial charge is 0.234 e. The molecule has 0 bridgehead atoms. The fourth-order valence-electron chi connectivity index (χ4n) is 1.85. The average molecular weight is 224 g/mol. The first-order chi connectivity index (χ1) is 7.85. The van der Waals surface area contributed by atoms with Gasteiger partial charge in [0, 0.05) is 0 Å². The molecule has 0 aromatic rings. The first kappa shape index (κ1) is 14.8. The van der Waals surface area contributed by atoms with E-state index in [9.17, 15) is 9.59 Å². The van der Waals surface area contributed by atoms with Crippen LogP contribution in [0.5, 0.6) is 0 Å². The van der Waals surface area contributed by atoms with E-state index < -0.39 is 0 Å². The Morgan fingerprint density at radius 1 is 0.938 bits per heavy atom. The van der Waals surface area contributed by atoms with Crippen molar-refractivity contribution in [2.45, 2.75) is 45.4 Å². The van der Waals surface area contributed by atoms with Crippen LogP contribution in [0.3, 0.4) is 0 Å². The Kier molecular flexibility index (Phi) is 10.9. The number of hydrogen-bond donors (Lipinski definition) is 0. The van der Waals surface area contributed by atoms with Crippen molar-refractivity contribution in [3.63, 3.8) is 0 Å². The summed E-state index contributed by atoms with van der Waals surface area (Å²) in [4.78, 5) is 26.8. The van der Waals surface area contributed by atoms with E-state index in [1.54, 1.807) is 12.2 Å². The molecule has 90 valence electrons. The van der Waals surface area contributed by atoms with Gasteiger partial charge in [-0.15, -0.1) is 0 Å². The lowest BCUT2D eigenvalue weighted by molar-refractivity contribution is 0.398. The summed E-state index contributed by atoms with van der Waals surface area (Å²) in [6.45, 7) is 3.33. The van der Waals surface area contributed by atoms with Gasteiger partial charge in [-0.2, -0.15) is 0 Å². The van der Waals surface area contributed by atoms with Gasteiger partial charge in [-0.3, -0.25) is 0 Å². The number of carbonyl (C=O) groups excluding carboxylic acids is 2. The van der Waals surface area contributed by atoms with Crippen LogP contribution in [0.1, 0.15) is 45.4 Å². The lowest BCUT2D eigenvalue weighted by Gasteiger charge is -2.14. The summed E-state index contributed by atoms with van der Waals surface area (Å²) in [5, 5.41) is 0. The standard InChI is InChI=1S/C12H20N2O2/c1-2-5-12(6-3-8-13-10-15)7-4-9-14-11-16/h12H,2-9H2,1H3. The maximum absolute atomic E-state index is 9.88. The highest BCUT2D eigenvalue weighted by Gasteiger charge is 2.06. The molecular weight excluding hydrogens is 204 g/mol. The Bertz CT molecular complexity index is 230. The molecule has 0 atom stereocenters. The Morgan fingerprint density at radius 2 is 1.44 bits per heavy atom. The summed E-state index contributed by atoms with van der Waals surface area (Å²) in [5.41, 5.74) is 0. The third-order valence-corrected chi connectivity index (χ3v) is 2.59. The van der Waals surface area contributed by atoms with E-state index in [-0.39, 0.29) is 0 Å². The molecule has 0 spiro atoms. The van der Waals surface area contributed by atoms with Crippen LogP contribution in [0.4, 0.5) is 0 Å². The maximum Gasteiger partial charge on any atom is 0.234 e. The minimum atomic E-state index is 0.580. The van der Waals surface area contributed by atoms with Crippen LogP contribution in [0, 0.1) is 5.92 Å². The van der Waals surface area contributed by atoms with Gasteiger partial charge in [-0.1, -0.05) is 19.8 Å². The van der Waals surface area contributed by atoms with Crippen LogP contribution >= 0.6 is 0 Å². The molecule has 16 heavy (non-hydrogen) atoms. The fourth-order valence-corrected chi connectivity index (χ4v) is 1.85. The van der Waals surface area contributed by atoms with E-state index in [0.29, 0.717) is 19.0 Å². The summed E-state index contributed by atoms with van der Waals surface area (Å²) >= 11 is 0. The van der Waals surface area contributed by atoms with Crippen molar-refractivity contribution in [3.05, 3.63) is 0 Å². The molecule has 0 aliphatic rings. The van der Waals surface area contributed by atoms with Crippen molar-refractivity contribution in [3.8, 4) is 0 Å². The Hall–Kier alpha value is -1.24. The third kappa shape index (κ3) is 9.32. The minimum Gasteiger partial charge on any atom is -0.211 e. The molecule has 0 saturated carbocycles. The number of nitrogens with zero attached hydrogens (tertiary/aromatic N) is 2. The fraction of sp³-hybridized carbons (Fsp3) is 0.833. The molecule has 0 amide bonds. The molecule has 0 N–H and O–H groups in total. The predicted molar refractivity (Wildman–Crippen MR) is 62.8 cm³/mol. The van der Waals surface area contributed by atoms with Crippen LogP contribution in [0.2, 0.25) is 0 Å². The molecule has 0 fully saturated rings. The molecule has 0 rings (SSSR count). The molecule has 0 radical (unpaired) electrons. The van der Waals surface area contributed by atoms with Gasteiger partial charge in [0.25, 0.3) is 0 Å². The molecular formula is C12H20N2O2. The van der Waals surface area contributed by atoms with Gasteiger partial charge >= 0.3 is 0 Å². The minimum absolute atomic E-state index is 0.580. The molecule has 0 aliphatic carbocycles. The summed E-state index contributed by atoms with van der Waals surface area (Å²) in [6.07, 6.45) is 9.51. The van der Waals surface area contributed by atoms with Crippen molar-refractivity contribution in [1.82, 2.24) is 0 Å². The second-order valence-electron chi connectivity index (χ2n) is 3.89. The van der Waals surface area contributed by atoms with Gasteiger partial charge in [0.2, 0.25) is 12.2 Å². The Labute approximate surface area is 96.9 Å². The van der Waals surface area contributed by atoms with Crippen LogP contribution in [-0.4, -0.2) is 25.2 Å². The van der Waals surface area contributed by atoms with Gasteiger partial charge in [0.15, 0.2) is 0 Å². The second-order valence-corrected chi connectivity index (χ2v) is 3.89. The number of aliphatic imine (C=N–C) groups is 2. The molecule has 0 saturated heterocycles. The van der Waals surface area contributed by atoms with Crippen LogP contribution in [0.25, 0.3) is 0 Å². The lowest BCUT2D eigenvalue weighted by Crippen LogP contribution is -2.02. The van der Waals surface area contributed by atoms with Crippen molar-refractivity contribution in [2.75, 3.05) is 13.1 Å². The highest BCUT2D eigenvalue weighted by Crippen LogP contribution is 2.19. The zero-order chi connectivity index (χ0) is 12.1. The summed E-state index contributed by atoms with van der Waals surface area (Å²) < 4.78 is 0. The predicted octanol–water partition coefficient (Wildman–Crippen LogP) is 2.63. The third-order valence-electron chi connectivity index (χ3n) is 2.59. The van der Waals surface area contributed by atoms with Gasteiger partial charge in [-0.25, -0.2) is 19.6 Å². The molecule has 0 aromatic heterocycles. The van der Waals surface area contributed by atoms with E-state index in [2.05, 4.69) is 16.9 Å². The first-order valence-electron chi connectivity index (χ1n) is 5.92. The number of hydrogen-bond acceptors (Lipinski definition) is 4. The quantitative estimate of drug-likeness (QED) is 0.325. The molecule has 0 unspecified atom stereocenters. The second kappa shape index (κ2) is 11.8.